The first-order chi connectivity index (χ1) is 19.3. The van der Waals surface area contributed by atoms with Gasteiger partial charge in [0.25, 0.3) is 0 Å². The minimum Gasteiger partial charge on any atom is -0.460 e. The molecule has 1 aromatic rings. The monoisotopic (exact) mass is 612 g/mol. The van der Waals surface area contributed by atoms with Crippen LogP contribution in [0.25, 0.3) is 0 Å². The molecule has 14 heteroatoms. The molecule has 1 saturated heterocycles. The minimum absolute atomic E-state index is 0.264. The summed E-state index contributed by atoms with van der Waals surface area (Å²) in [5.41, 5.74) is -1.60. The predicted octanol–water partition coefficient (Wildman–Crippen LogP) is 3.95. The second-order valence-corrected chi connectivity index (χ2v) is 14.2. The van der Waals surface area contributed by atoms with Crippen molar-refractivity contribution in [1.82, 2.24) is 30.1 Å². The number of thioether (sulfide) groups is 1. The van der Waals surface area contributed by atoms with Crippen LogP contribution in [-0.2, 0) is 23.8 Å². The van der Waals surface area contributed by atoms with Gasteiger partial charge in [-0.05, 0) is 80.7 Å². The number of ether oxygens (including phenoxy) is 3. The maximum absolute atomic E-state index is 13.8. The van der Waals surface area contributed by atoms with E-state index in [1.807, 2.05) is 6.26 Å². The Hall–Kier alpha value is -3.03. The molecule has 3 amide bonds. The van der Waals surface area contributed by atoms with Crippen molar-refractivity contribution in [3.63, 3.8) is 0 Å². The molecule has 2 rings (SSSR count). The molecule has 0 radical (unpaired) electrons. The third-order valence-electron chi connectivity index (χ3n) is 5.81. The van der Waals surface area contributed by atoms with E-state index in [1.165, 1.54) is 4.68 Å². The van der Waals surface area contributed by atoms with Crippen LogP contribution < -0.4 is 5.32 Å². The van der Waals surface area contributed by atoms with Crippen LogP contribution in [0.15, 0.2) is 6.20 Å². The van der Waals surface area contributed by atoms with Crippen molar-refractivity contribution in [3.8, 4) is 0 Å². The van der Waals surface area contributed by atoms with Crippen molar-refractivity contribution in [1.29, 1.82) is 0 Å². The van der Waals surface area contributed by atoms with Crippen molar-refractivity contribution >= 4 is 35.8 Å². The number of hydrogen-bond acceptors (Lipinski definition) is 10. The molecule has 1 aliphatic rings. The first-order valence-corrected chi connectivity index (χ1v) is 15.6. The van der Waals surface area contributed by atoms with Gasteiger partial charge in [-0.1, -0.05) is 5.21 Å². The molecule has 13 nitrogen and oxygen atoms in total. The summed E-state index contributed by atoms with van der Waals surface area (Å²) >= 11 is 1.61. The summed E-state index contributed by atoms with van der Waals surface area (Å²) in [7, 11) is 0. The topological polar surface area (TPSA) is 145 Å². The highest BCUT2D eigenvalue weighted by molar-refractivity contribution is 7.98. The van der Waals surface area contributed by atoms with Gasteiger partial charge in [0, 0.05) is 26.2 Å². The van der Waals surface area contributed by atoms with Crippen LogP contribution in [0.3, 0.4) is 0 Å². The summed E-state index contributed by atoms with van der Waals surface area (Å²) in [5, 5.41) is 11.3. The normalized spacial score (nSPS) is 16.0. The highest BCUT2D eigenvalue weighted by atomic mass is 32.2. The van der Waals surface area contributed by atoms with Crippen LogP contribution in [0.2, 0.25) is 0 Å². The third kappa shape index (κ3) is 12.1. The number of amides is 3. The van der Waals surface area contributed by atoms with Gasteiger partial charge in [-0.2, -0.15) is 11.8 Å². The lowest BCUT2D eigenvalue weighted by Gasteiger charge is -2.36. The van der Waals surface area contributed by atoms with E-state index < -0.39 is 47.0 Å². The molecule has 0 aliphatic carbocycles. The average Bonchev–Trinajstić information content (AvgIpc) is 3.31. The number of piperazine rings is 1. The maximum atomic E-state index is 13.8. The van der Waals surface area contributed by atoms with E-state index in [0.717, 1.165) is 5.75 Å². The van der Waals surface area contributed by atoms with E-state index in [9.17, 15) is 19.2 Å². The second kappa shape index (κ2) is 14.4. The van der Waals surface area contributed by atoms with E-state index in [-0.39, 0.29) is 25.4 Å². The van der Waals surface area contributed by atoms with Crippen molar-refractivity contribution in [2.45, 2.75) is 104 Å². The number of carbonyl (C=O) groups is 4. The van der Waals surface area contributed by atoms with Crippen molar-refractivity contribution in [2.24, 2.45) is 0 Å². The smallest absolute Gasteiger partial charge is 0.410 e. The predicted molar refractivity (Wildman–Crippen MR) is 159 cm³/mol. The van der Waals surface area contributed by atoms with Gasteiger partial charge < -0.3 is 29.3 Å². The van der Waals surface area contributed by atoms with E-state index in [1.54, 1.807) is 90.1 Å². The number of nitrogens with zero attached hydrogens (tertiary/aromatic N) is 5. The molecule has 0 unspecified atom stereocenters. The van der Waals surface area contributed by atoms with Crippen molar-refractivity contribution in [3.05, 3.63) is 11.9 Å². The molecule has 42 heavy (non-hydrogen) atoms. The molecule has 1 aliphatic heterocycles. The molecule has 1 N–H and O–H groups in total. The SMILES string of the molecule is CSCC[C@@H](NC(=O)OC(C)(C)C)c1cn([C@@H](CC(=O)OC(C)(C)C)C(=O)N2CCN(C(=O)OC(C)(C)C)CC2)nn1. The Labute approximate surface area is 253 Å². The van der Waals surface area contributed by atoms with Crippen LogP contribution in [0.4, 0.5) is 9.59 Å². The van der Waals surface area contributed by atoms with Gasteiger partial charge in [0.15, 0.2) is 0 Å². The zero-order valence-corrected chi connectivity index (χ0v) is 27.5. The maximum Gasteiger partial charge on any atom is 0.410 e. The third-order valence-corrected chi connectivity index (χ3v) is 6.46. The molecular formula is C28H48N6O7S. The molecule has 0 bridgehead atoms. The lowest BCUT2D eigenvalue weighted by atomic mass is 10.1. The first-order valence-electron chi connectivity index (χ1n) is 14.2. The Bertz CT molecular complexity index is 1080. The Balaban J connectivity index is 2.27. The molecule has 0 aromatic carbocycles. The molecule has 2 heterocycles. The molecule has 0 saturated carbocycles. The summed E-state index contributed by atoms with van der Waals surface area (Å²) in [4.78, 5) is 54.8. The highest BCUT2D eigenvalue weighted by Crippen LogP contribution is 2.23. The minimum atomic E-state index is -1.03. The standard InChI is InChI=1S/C28H48N6O7S/c1-26(2,3)39-22(35)17-21(23(36)32-12-14-33(15-13-32)25(38)41-28(7,8)9)34-18-20(30-31-34)19(11-16-42-10)29-24(37)40-27(4,5)6/h18-19,21H,11-17H2,1-10H3,(H,29,37)/t19-,21+/m1/s1. The Morgan fingerprint density at radius 1 is 0.881 bits per heavy atom. The zero-order chi connectivity index (χ0) is 31.9. The van der Waals surface area contributed by atoms with Gasteiger partial charge in [-0.25, -0.2) is 14.3 Å². The summed E-state index contributed by atoms with van der Waals surface area (Å²) in [6, 6.07) is -1.55. The van der Waals surface area contributed by atoms with Gasteiger partial charge in [-0.3, -0.25) is 9.59 Å². The van der Waals surface area contributed by atoms with Crippen LogP contribution in [0.5, 0.6) is 0 Å². The zero-order valence-electron chi connectivity index (χ0n) is 26.7. The lowest BCUT2D eigenvalue weighted by Crippen LogP contribution is -2.53. The van der Waals surface area contributed by atoms with Crippen molar-refractivity contribution < 1.29 is 33.4 Å². The fraction of sp³-hybridized carbons (Fsp3) is 0.786. The highest BCUT2D eigenvalue weighted by Gasteiger charge is 2.35. The quantitative estimate of drug-likeness (QED) is 0.321. The number of carbonyl (C=O) groups excluding carboxylic acids is 4. The number of aromatic nitrogens is 3. The molecular weight excluding hydrogens is 564 g/mol. The Kier molecular flexibility index (Phi) is 12.1. The summed E-state index contributed by atoms with van der Waals surface area (Å²) in [5.74, 6) is -0.173. The van der Waals surface area contributed by atoms with Crippen LogP contribution in [0.1, 0.15) is 92.9 Å². The fourth-order valence-electron chi connectivity index (χ4n) is 4.06. The first kappa shape index (κ1) is 35.2. The van der Waals surface area contributed by atoms with Gasteiger partial charge in [0.05, 0.1) is 18.7 Å². The molecule has 2 atom stereocenters. The largest absolute Gasteiger partial charge is 0.460 e. The van der Waals surface area contributed by atoms with E-state index in [4.69, 9.17) is 14.2 Å². The number of esters is 1. The number of hydrogen-bond donors (Lipinski definition) is 1. The van der Waals surface area contributed by atoms with Crippen LogP contribution in [-0.4, -0.2) is 104 Å². The number of alkyl carbamates (subject to hydrolysis) is 1. The molecule has 0 spiro atoms. The summed E-state index contributed by atoms with van der Waals surface area (Å²) in [6.07, 6.45) is 2.80. The Morgan fingerprint density at radius 2 is 1.43 bits per heavy atom. The summed E-state index contributed by atoms with van der Waals surface area (Å²) in [6.45, 7) is 17.1. The van der Waals surface area contributed by atoms with Gasteiger partial charge in [0.2, 0.25) is 5.91 Å². The van der Waals surface area contributed by atoms with Crippen molar-refractivity contribution in [2.75, 3.05) is 38.2 Å². The van der Waals surface area contributed by atoms with Gasteiger partial charge >= 0.3 is 18.2 Å². The number of rotatable bonds is 9. The summed E-state index contributed by atoms with van der Waals surface area (Å²) < 4.78 is 17.7. The van der Waals surface area contributed by atoms with E-state index >= 15 is 0 Å². The van der Waals surface area contributed by atoms with Crippen LogP contribution in [0, 0.1) is 0 Å². The average molecular weight is 613 g/mol. The van der Waals surface area contributed by atoms with E-state index in [2.05, 4.69) is 15.6 Å². The number of nitrogens with one attached hydrogen (secondary N) is 1. The second-order valence-electron chi connectivity index (χ2n) is 13.2. The lowest BCUT2D eigenvalue weighted by molar-refractivity contribution is -0.158. The van der Waals surface area contributed by atoms with E-state index in [0.29, 0.717) is 25.2 Å². The fourth-order valence-corrected chi connectivity index (χ4v) is 4.53. The van der Waals surface area contributed by atoms with Crippen LogP contribution >= 0.6 is 11.8 Å². The molecule has 1 fully saturated rings. The Morgan fingerprint density at radius 3 is 1.95 bits per heavy atom. The van der Waals surface area contributed by atoms with Gasteiger partial charge in [-0.15, -0.1) is 5.10 Å². The van der Waals surface area contributed by atoms with Gasteiger partial charge in [0.1, 0.15) is 28.5 Å². The molecule has 1 aromatic heterocycles. The molecule has 238 valence electrons.